The van der Waals surface area contributed by atoms with Gasteiger partial charge in [-0.15, -0.1) is 0 Å². The Bertz CT molecular complexity index is 56.9. The Kier molecular flexibility index (Phi) is 6.65. The van der Waals surface area contributed by atoms with E-state index in [0.29, 0.717) is 0 Å². The molecule has 1 atom stereocenters. The molecule has 0 aliphatic rings. The summed E-state index contributed by atoms with van der Waals surface area (Å²) in [6, 6.07) is 0. The third kappa shape index (κ3) is 6.19. The highest BCUT2D eigenvalue weighted by Gasteiger charge is 1.96. The van der Waals surface area contributed by atoms with E-state index >= 15 is 0 Å². The lowest BCUT2D eigenvalue weighted by atomic mass is 10.2. The molecule has 0 aromatic rings. The average molecular weight is 147 g/mol. The summed E-state index contributed by atoms with van der Waals surface area (Å²) in [7, 11) is 2.00. The van der Waals surface area contributed by atoms with Crippen LogP contribution in [0.1, 0.15) is 19.8 Å². The van der Waals surface area contributed by atoms with Gasteiger partial charge in [0, 0.05) is 5.25 Å². The van der Waals surface area contributed by atoms with Crippen LogP contribution in [0, 0.1) is 0 Å². The predicted octanol–water partition coefficient (Wildman–Crippen LogP) is 1.74. The smallest absolute Gasteiger partial charge is 0.00164 e. The van der Waals surface area contributed by atoms with E-state index < -0.39 is 0 Å². The number of thioether (sulfide) groups is 1. The molecule has 0 fully saturated rings. The molecule has 0 aromatic carbocycles. The van der Waals surface area contributed by atoms with Gasteiger partial charge >= 0.3 is 0 Å². The molecule has 0 spiro atoms. The van der Waals surface area contributed by atoms with Crippen molar-refractivity contribution in [3.8, 4) is 0 Å². The summed E-state index contributed by atoms with van der Waals surface area (Å²) in [4.78, 5) is 0. The molecule has 0 aliphatic heterocycles. The predicted molar refractivity (Wildman–Crippen MR) is 46.1 cm³/mol. The summed E-state index contributed by atoms with van der Waals surface area (Å²) in [5.74, 6) is 0. The van der Waals surface area contributed by atoms with E-state index in [0.717, 1.165) is 11.8 Å². The summed E-state index contributed by atoms with van der Waals surface area (Å²) in [6.45, 7) is 3.44. The Morgan fingerprint density at radius 1 is 1.56 bits per heavy atom. The molecule has 56 valence electrons. The zero-order chi connectivity index (χ0) is 7.11. The molecule has 0 heterocycles. The molecule has 2 heteroatoms. The largest absolute Gasteiger partial charge is 0.320 e. The first-order valence-corrected chi connectivity index (χ1v) is 4.77. The van der Waals surface area contributed by atoms with Crippen LogP contribution in [0.5, 0.6) is 0 Å². The monoisotopic (exact) mass is 147 g/mol. The second-order valence-corrected chi connectivity index (χ2v) is 3.57. The Balaban J connectivity index is 2.88. The van der Waals surface area contributed by atoms with Crippen molar-refractivity contribution in [2.24, 2.45) is 0 Å². The fourth-order valence-electron chi connectivity index (χ4n) is 0.684. The molecular formula is C7H17NS. The van der Waals surface area contributed by atoms with Crippen molar-refractivity contribution in [2.75, 3.05) is 19.8 Å². The van der Waals surface area contributed by atoms with Gasteiger partial charge in [0.05, 0.1) is 0 Å². The van der Waals surface area contributed by atoms with Gasteiger partial charge < -0.3 is 5.32 Å². The van der Waals surface area contributed by atoms with E-state index in [4.69, 9.17) is 0 Å². The Labute approximate surface area is 62.6 Å². The number of hydrogen-bond acceptors (Lipinski definition) is 2. The molecule has 0 rings (SSSR count). The van der Waals surface area contributed by atoms with Crippen LogP contribution >= 0.6 is 11.8 Å². The van der Waals surface area contributed by atoms with Crippen LogP contribution in [0.4, 0.5) is 0 Å². The van der Waals surface area contributed by atoms with Gasteiger partial charge in [0.2, 0.25) is 0 Å². The maximum absolute atomic E-state index is 3.14. The summed E-state index contributed by atoms with van der Waals surface area (Å²) >= 11 is 1.95. The molecule has 0 radical (unpaired) electrons. The number of nitrogens with one attached hydrogen (secondary N) is 1. The fourth-order valence-corrected chi connectivity index (χ4v) is 1.09. The van der Waals surface area contributed by atoms with Gasteiger partial charge in [-0.2, -0.15) is 11.8 Å². The van der Waals surface area contributed by atoms with Crippen LogP contribution in [0.3, 0.4) is 0 Å². The zero-order valence-electron chi connectivity index (χ0n) is 6.61. The standard InChI is InChI=1S/C7H17NS/c1-7(9-3)5-4-6-8-2/h7-8H,4-6H2,1-3H3. The van der Waals surface area contributed by atoms with Crippen LogP contribution in [0.15, 0.2) is 0 Å². The molecule has 1 unspecified atom stereocenters. The Morgan fingerprint density at radius 3 is 2.67 bits per heavy atom. The van der Waals surface area contributed by atoms with Gasteiger partial charge in [0.15, 0.2) is 0 Å². The van der Waals surface area contributed by atoms with Gasteiger partial charge in [-0.1, -0.05) is 6.92 Å². The summed E-state index contributed by atoms with van der Waals surface area (Å²) in [5.41, 5.74) is 0. The highest BCUT2D eigenvalue weighted by molar-refractivity contribution is 7.99. The van der Waals surface area contributed by atoms with Crippen molar-refractivity contribution >= 4 is 11.8 Å². The number of hydrogen-bond donors (Lipinski definition) is 1. The van der Waals surface area contributed by atoms with Gasteiger partial charge in [-0.3, -0.25) is 0 Å². The third-order valence-electron chi connectivity index (χ3n) is 1.44. The van der Waals surface area contributed by atoms with E-state index in [9.17, 15) is 0 Å². The minimum absolute atomic E-state index is 0.832. The zero-order valence-corrected chi connectivity index (χ0v) is 7.42. The van der Waals surface area contributed by atoms with Crippen molar-refractivity contribution in [1.82, 2.24) is 5.32 Å². The van der Waals surface area contributed by atoms with E-state index in [1.807, 2.05) is 18.8 Å². The molecule has 1 nitrogen and oxygen atoms in total. The van der Waals surface area contributed by atoms with Crippen LogP contribution in [0.25, 0.3) is 0 Å². The van der Waals surface area contributed by atoms with Crippen LogP contribution in [-0.2, 0) is 0 Å². The summed E-state index contributed by atoms with van der Waals surface area (Å²) < 4.78 is 0. The molecular weight excluding hydrogens is 130 g/mol. The maximum atomic E-state index is 3.14. The minimum Gasteiger partial charge on any atom is -0.320 e. The first-order chi connectivity index (χ1) is 4.31. The topological polar surface area (TPSA) is 12.0 Å². The van der Waals surface area contributed by atoms with Crippen molar-refractivity contribution in [1.29, 1.82) is 0 Å². The Morgan fingerprint density at radius 2 is 2.22 bits per heavy atom. The van der Waals surface area contributed by atoms with E-state index in [1.165, 1.54) is 12.8 Å². The summed E-state index contributed by atoms with van der Waals surface area (Å²) in [5, 5.41) is 3.97. The van der Waals surface area contributed by atoms with Crippen molar-refractivity contribution < 1.29 is 0 Å². The minimum atomic E-state index is 0.832. The second-order valence-electron chi connectivity index (χ2n) is 2.29. The molecule has 0 bridgehead atoms. The lowest BCUT2D eigenvalue weighted by Crippen LogP contribution is -2.09. The van der Waals surface area contributed by atoms with Gasteiger partial charge in [0.1, 0.15) is 0 Å². The molecule has 0 aliphatic carbocycles. The number of rotatable bonds is 5. The maximum Gasteiger partial charge on any atom is 0.00164 e. The lowest BCUT2D eigenvalue weighted by Gasteiger charge is -2.05. The molecule has 9 heavy (non-hydrogen) atoms. The van der Waals surface area contributed by atoms with E-state index in [-0.39, 0.29) is 0 Å². The van der Waals surface area contributed by atoms with Crippen LogP contribution in [-0.4, -0.2) is 25.1 Å². The fraction of sp³-hybridized carbons (Fsp3) is 1.00. The quantitative estimate of drug-likeness (QED) is 0.594. The molecule has 0 amide bonds. The lowest BCUT2D eigenvalue weighted by molar-refractivity contribution is 0.675. The summed E-state index contributed by atoms with van der Waals surface area (Å²) in [6.07, 6.45) is 4.81. The van der Waals surface area contributed by atoms with Crippen molar-refractivity contribution in [2.45, 2.75) is 25.0 Å². The SMILES string of the molecule is CNCCCC(C)SC. The van der Waals surface area contributed by atoms with E-state index in [2.05, 4.69) is 18.5 Å². The first kappa shape index (κ1) is 9.31. The third-order valence-corrected chi connectivity index (χ3v) is 2.48. The first-order valence-electron chi connectivity index (χ1n) is 3.48. The van der Waals surface area contributed by atoms with Gasteiger partial charge in [-0.05, 0) is 32.7 Å². The molecule has 0 aromatic heterocycles. The van der Waals surface area contributed by atoms with Crippen molar-refractivity contribution in [3.05, 3.63) is 0 Å². The second kappa shape index (κ2) is 6.43. The highest BCUT2D eigenvalue weighted by Crippen LogP contribution is 2.10. The average Bonchev–Trinajstić information content (AvgIpc) is 1.89. The highest BCUT2D eigenvalue weighted by atomic mass is 32.2. The van der Waals surface area contributed by atoms with Crippen LogP contribution < -0.4 is 5.32 Å². The van der Waals surface area contributed by atoms with Gasteiger partial charge in [-0.25, -0.2) is 0 Å². The van der Waals surface area contributed by atoms with Gasteiger partial charge in [0.25, 0.3) is 0 Å². The van der Waals surface area contributed by atoms with Crippen LogP contribution in [0.2, 0.25) is 0 Å². The normalized spacial score (nSPS) is 13.7. The van der Waals surface area contributed by atoms with Crippen molar-refractivity contribution in [3.63, 3.8) is 0 Å². The Hall–Kier alpha value is 0.310. The van der Waals surface area contributed by atoms with E-state index in [1.54, 1.807) is 0 Å². The molecule has 0 saturated carbocycles. The molecule has 1 N–H and O–H groups in total. The molecule has 0 saturated heterocycles.